The molecule has 8 heteroatoms. The summed E-state index contributed by atoms with van der Waals surface area (Å²) >= 11 is 0. The maximum Gasteiger partial charge on any atom is 0.243 e. The molecule has 0 aliphatic carbocycles. The van der Waals surface area contributed by atoms with Crippen molar-refractivity contribution in [1.82, 2.24) is 9.21 Å². The molecule has 0 atom stereocenters. The van der Waals surface area contributed by atoms with Crippen molar-refractivity contribution in [3.8, 4) is 6.07 Å². The van der Waals surface area contributed by atoms with E-state index in [0.29, 0.717) is 31.3 Å². The molecular formula is C18H17F2N3O2S. The fourth-order valence-corrected chi connectivity index (χ4v) is 4.36. The van der Waals surface area contributed by atoms with E-state index < -0.39 is 21.7 Å². The monoisotopic (exact) mass is 377 g/mol. The van der Waals surface area contributed by atoms with Gasteiger partial charge in [-0.15, -0.1) is 0 Å². The molecule has 1 saturated heterocycles. The maximum atomic E-state index is 13.4. The van der Waals surface area contributed by atoms with E-state index in [1.807, 2.05) is 12.1 Å². The Morgan fingerprint density at radius 1 is 1.00 bits per heavy atom. The zero-order chi connectivity index (χ0) is 18.7. The number of hydrogen-bond donors (Lipinski definition) is 0. The summed E-state index contributed by atoms with van der Waals surface area (Å²) in [6.07, 6.45) is 0. The van der Waals surface area contributed by atoms with E-state index in [0.717, 1.165) is 17.7 Å². The third-order valence-electron chi connectivity index (χ3n) is 4.39. The van der Waals surface area contributed by atoms with Crippen LogP contribution in [-0.2, 0) is 16.6 Å². The van der Waals surface area contributed by atoms with Gasteiger partial charge in [-0.2, -0.15) is 9.57 Å². The van der Waals surface area contributed by atoms with Gasteiger partial charge in [-0.05, 0) is 29.8 Å². The third kappa shape index (κ3) is 3.75. The van der Waals surface area contributed by atoms with E-state index in [1.54, 1.807) is 12.1 Å². The largest absolute Gasteiger partial charge is 0.296 e. The number of piperazine rings is 1. The number of rotatable bonds is 4. The average molecular weight is 377 g/mol. The molecule has 0 radical (unpaired) electrons. The molecule has 136 valence electrons. The second kappa shape index (κ2) is 7.50. The Bertz CT molecular complexity index is 949. The number of halogens is 2. The van der Waals surface area contributed by atoms with Crippen molar-refractivity contribution >= 4 is 10.0 Å². The van der Waals surface area contributed by atoms with Crippen molar-refractivity contribution in [3.63, 3.8) is 0 Å². The fraction of sp³-hybridized carbons (Fsp3) is 0.278. The molecule has 2 aromatic rings. The lowest BCUT2D eigenvalue weighted by molar-refractivity contribution is 0.181. The molecule has 5 nitrogen and oxygen atoms in total. The van der Waals surface area contributed by atoms with Gasteiger partial charge in [0.1, 0.15) is 0 Å². The number of nitrogens with zero attached hydrogens (tertiary/aromatic N) is 3. The standard InChI is InChI=1S/C18H17F2N3O2S/c19-17-6-5-16(11-18(17)20)26(24,25)23-9-7-22(8-10-23)13-15-4-2-1-3-14(15)12-21/h1-6,11H,7-10,13H2. The molecule has 1 heterocycles. The van der Waals surface area contributed by atoms with Crippen LogP contribution in [0.2, 0.25) is 0 Å². The van der Waals surface area contributed by atoms with Crippen molar-refractivity contribution in [2.24, 2.45) is 0 Å². The maximum absolute atomic E-state index is 13.4. The van der Waals surface area contributed by atoms with Gasteiger partial charge < -0.3 is 0 Å². The topological polar surface area (TPSA) is 64.4 Å². The van der Waals surface area contributed by atoms with Crippen LogP contribution in [0.15, 0.2) is 47.4 Å². The van der Waals surface area contributed by atoms with Crippen LogP contribution in [-0.4, -0.2) is 43.8 Å². The highest BCUT2D eigenvalue weighted by Crippen LogP contribution is 2.21. The molecule has 3 rings (SSSR count). The van der Waals surface area contributed by atoms with Gasteiger partial charge in [0.05, 0.1) is 16.5 Å². The van der Waals surface area contributed by atoms with Gasteiger partial charge in [0.25, 0.3) is 0 Å². The first kappa shape index (κ1) is 18.5. The Balaban J connectivity index is 1.68. The smallest absolute Gasteiger partial charge is 0.243 e. The predicted octanol–water partition coefficient (Wildman–Crippen LogP) is 2.34. The lowest BCUT2D eigenvalue weighted by Crippen LogP contribution is -2.48. The molecule has 26 heavy (non-hydrogen) atoms. The first-order valence-corrected chi connectivity index (χ1v) is 9.51. The zero-order valence-corrected chi connectivity index (χ0v) is 14.7. The summed E-state index contributed by atoms with van der Waals surface area (Å²) in [5, 5.41) is 9.15. The Morgan fingerprint density at radius 3 is 2.35 bits per heavy atom. The van der Waals surface area contributed by atoms with E-state index in [4.69, 9.17) is 5.26 Å². The van der Waals surface area contributed by atoms with Crippen molar-refractivity contribution in [1.29, 1.82) is 5.26 Å². The molecule has 0 unspecified atom stereocenters. The highest BCUT2D eigenvalue weighted by atomic mass is 32.2. The molecule has 1 fully saturated rings. The summed E-state index contributed by atoms with van der Waals surface area (Å²) in [4.78, 5) is 1.81. The van der Waals surface area contributed by atoms with Gasteiger partial charge in [0.15, 0.2) is 11.6 Å². The first-order valence-electron chi connectivity index (χ1n) is 8.07. The molecule has 0 aromatic heterocycles. The Morgan fingerprint density at radius 2 is 1.69 bits per heavy atom. The minimum absolute atomic E-state index is 0.246. The Labute approximate surface area is 151 Å². The lowest BCUT2D eigenvalue weighted by atomic mass is 10.1. The van der Waals surface area contributed by atoms with Crippen LogP contribution in [0.5, 0.6) is 0 Å². The lowest BCUT2D eigenvalue weighted by Gasteiger charge is -2.34. The normalized spacial score (nSPS) is 16.3. The molecule has 1 aliphatic heterocycles. The van der Waals surface area contributed by atoms with Crippen molar-refractivity contribution in [3.05, 3.63) is 65.2 Å². The number of hydrogen-bond acceptors (Lipinski definition) is 4. The molecule has 0 saturated carbocycles. The van der Waals surface area contributed by atoms with Crippen molar-refractivity contribution in [2.75, 3.05) is 26.2 Å². The van der Waals surface area contributed by atoms with E-state index in [-0.39, 0.29) is 18.0 Å². The highest BCUT2D eigenvalue weighted by Gasteiger charge is 2.29. The summed E-state index contributed by atoms with van der Waals surface area (Å²) < 4.78 is 52.8. The van der Waals surface area contributed by atoms with Gasteiger partial charge in [-0.1, -0.05) is 18.2 Å². The summed E-state index contributed by atoms with van der Waals surface area (Å²) in [5.74, 6) is -2.26. The van der Waals surface area contributed by atoms with Gasteiger partial charge >= 0.3 is 0 Å². The minimum atomic E-state index is -3.86. The predicted molar refractivity (Wildman–Crippen MR) is 91.6 cm³/mol. The van der Waals surface area contributed by atoms with E-state index in [9.17, 15) is 17.2 Å². The van der Waals surface area contributed by atoms with Gasteiger partial charge in [-0.3, -0.25) is 4.90 Å². The molecule has 0 bridgehead atoms. The van der Waals surface area contributed by atoms with Gasteiger partial charge in [0.2, 0.25) is 10.0 Å². The molecule has 0 spiro atoms. The average Bonchev–Trinajstić information content (AvgIpc) is 2.65. The molecule has 0 N–H and O–H groups in total. The number of benzene rings is 2. The minimum Gasteiger partial charge on any atom is -0.296 e. The van der Waals surface area contributed by atoms with Gasteiger partial charge in [0, 0.05) is 32.7 Å². The summed E-state index contributed by atoms with van der Waals surface area (Å²) in [6, 6.07) is 12.0. The molecular weight excluding hydrogens is 360 g/mol. The van der Waals surface area contributed by atoms with Gasteiger partial charge in [-0.25, -0.2) is 17.2 Å². The summed E-state index contributed by atoms with van der Waals surface area (Å²) in [7, 11) is -3.86. The van der Waals surface area contributed by atoms with E-state index in [2.05, 4.69) is 11.0 Å². The number of nitriles is 1. The van der Waals surface area contributed by atoms with Crippen LogP contribution >= 0.6 is 0 Å². The second-order valence-electron chi connectivity index (χ2n) is 6.03. The van der Waals surface area contributed by atoms with E-state index in [1.165, 1.54) is 4.31 Å². The fourth-order valence-electron chi connectivity index (χ4n) is 2.92. The first-order chi connectivity index (χ1) is 12.4. The SMILES string of the molecule is N#Cc1ccccc1CN1CCN(S(=O)(=O)c2ccc(F)c(F)c2)CC1. The van der Waals surface area contributed by atoms with Crippen LogP contribution in [0, 0.1) is 23.0 Å². The quantitative estimate of drug-likeness (QED) is 0.821. The third-order valence-corrected chi connectivity index (χ3v) is 6.29. The van der Waals surface area contributed by atoms with Crippen LogP contribution in [0.4, 0.5) is 8.78 Å². The Kier molecular flexibility index (Phi) is 5.32. The Hall–Kier alpha value is -2.34. The van der Waals surface area contributed by atoms with Crippen molar-refractivity contribution < 1.29 is 17.2 Å². The summed E-state index contributed by atoms with van der Waals surface area (Å²) in [6.45, 7) is 2.03. The number of sulfonamides is 1. The second-order valence-corrected chi connectivity index (χ2v) is 7.96. The zero-order valence-electron chi connectivity index (χ0n) is 13.9. The highest BCUT2D eigenvalue weighted by molar-refractivity contribution is 7.89. The van der Waals surface area contributed by atoms with Crippen LogP contribution < -0.4 is 0 Å². The molecule has 1 aliphatic rings. The van der Waals surface area contributed by atoms with Crippen LogP contribution in [0.1, 0.15) is 11.1 Å². The van der Waals surface area contributed by atoms with Crippen LogP contribution in [0.3, 0.4) is 0 Å². The van der Waals surface area contributed by atoms with E-state index >= 15 is 0 Å². The van der Waals surface area contributed by atoms with Crippen LogP contribution in [0.25, 0.3) is 0 Å². The summed E-state index contributed by atoms with van der Waals surface area (Å²) in [5.41, 5.74) is 1.50. The van der Waals surface area contributed by atoms with Crippen molar-refractivity contribution in [2.45, 2.75) is 11.4 Å². The molecule has 0 amide bonds. The molecule has 2 aromatic carbocycles.